The van der Waals surface area contributed by atoms with Crippen molar-refractivity contribution in [1.82, 2.24) is 19.8 Å². The second-order valence-electron chi connectivity index (χ2n) is 6.48. The number of rotatable bonds is 5. The number of aryl methyl sites for hydroxylation is 1. The second-order valence-corrected chi connectivity index (χ2v) is 6.48. The Morgan fingerprint density at radius 3 is 2.43 bits per heavy atom. The highest BCUT2D eigenvalue weighted by molar-refractivity contribution is 5.36. The highest BCUT2D eigenvalue weighted by Crippen LogP contribution is 2.14. The second kappa shape index (κ2) is 7.18. The monoisotopic (exact) mass is 291 g/mol. The predicted octanol–water partition coefficient (Wildman–Crippen LogP) is 1.96. The predicted molar refractivity (Wildman–Crippen MR) is 87.9 cm³/mol. The molecule has 1 atom stereocenters. The van der Waals surface area contributed by atoms with Crippen LogP contribution in [0.3, 0.4) is 0 Å². The number of aromatic nitrogens is 2. The van der Waals surface area contributed by atoms with Crippen LogP contribution in [0.1, 0.15) is 38.2 Å². The van der Waals surface area contributed by atoms with Gasteiger partial charge < -0.3 is 10.2 Å². The molecule has 0 aliphatic carbocycles. The number of hydrogen-bond donors (Lipinski definition) is 1. The molecule has 5 nitrogen and oxygen atoms in total. The molecule has 0 bridgehead atoms. The van der Waals surface area contributed by atoms with Gasteiger partial charge >= 0.3 is 0 Å². The summed E-state index contributed by atoms with van der Waals surface area (Å²) in [5.41, 5.74) is 1.03. The Hall–Kier alpha value is -1.20. The third-order valence-electron chi connectivity index (χ3n) is 4.13. The van der Waals surface area contributed by atoms with E-state index in [0.29, 0.717) is 12.0 Å². The average molecular weight is 291 g/mol. The minimum Gasteiger partial charge on any atom is -0.368 e. The fourth-order valence-electron chi connectivity index (χ4n) is 2.58. The van der Waals surface area contributed by atoms with Crippen LogP contribution in [0.4, 0.5) is 5.82 Å². The van der Waals surface area contributed by atoms with Crippen molar-refractivity contribution < 1.29 is 0 Å². The van der Waals surface area contributed by atoms with E-state index in [-0.39, 0.29) is 0 Å². The number of anilines is 1. The summed E-state index contributed by atoms with van der Waals surface area (Å²) < 4.78 is 0. The fraction of sp³-hybridized carbons (Fsp3) is 0.750. The van der Waals surface area contributed by atoms with E-state index in [2.05, 4.69) is 52.9 Å². The summed E-state index contributed by atoms with van der Waals surface area (Å²) in [7, 11) is 2.19. The van der Waals surface area contributed by atoms with Gasteiger partial charge in [0, 0.05) is 56.4 Å². The number of piperazine rings is 1. The van der Waals surface area contributed by atoms with Crippen molar-refractivity contribution >= 4 is 5.82 Å². The third-order valence-corrected chi connectivity index (χ3v) is 4.13. The van der Waals surface area contributed by atoms with Crippen molar-refractivity contribution in [3.8, 4) is 0 Å². The highest BCUT2D eigenvalue weighted by Gasteiger charge is 2.19. The molecule has 5 heteroatoms. The number of nitrogens with one attached hydrogen (secondary N) is 1. The van der Waals surface area contributed by atoms with Gasteiger partial charge in [0.15, 0.2) is 0 Å². The van der Waals surface area contributed by atoms with E-state index in [1.165, 1.54) is 0 Å². The van der Waals surface area contributed by atoms with Crippen LogP contribution in [0.2, 0.25) is 0 Å². The Morgan fingerprint density at radius 1 is 1.14 bits per heavy atom. The Labute approximate surface area is 128 Å². The maximum Gasteiger partial charge on any atom is 0.133 e. The van der Waals surface area contributed by atoms with Gasteiger partial charge in [-0.3, -0.25) is 4.90 Å². The summed E-state index contributed by atoms with van der Waals surface area (Å²) in [6.07, 6.45) is 0. The van der Waals surface area contributed by atoms with E-state index in [9.17, 15) is 0 Å². The lowest BCUT2D eigenvalue weighted by Crippen LogP contribution is -2.49. The summed E-state index contributed by atoms with van der Waals surface area (Å²) in [5.74, 6) is 2.23. The lowest BCUT2D eigenvalue weighted by atomic mass is 10.2. The molecule has 1 aliphatic rings. The molecular weight excluding hydrogens is 262 g/mol. The molecule has 1 aromatic heterocycles. The van der Waals surface area contributed by atoms with E-state index < -0.39 is 0 Å². The minimum atomic E-state index is 0.362. The summed E-state index contributed by atoms with van der Waals surface area (Å²) in [5, 5.41) is 3.48. The van der Waals surface area contributed by atoms with Crippen molar-refractivity contribution in [3.05, 3.63) is 17.6 Å². The van der Waals surface area contributed by atoms with Crippen LogP contribution in [-0.2, 0) is 0 Å². The fourth-order valence-corrected chi connectivity index (χ4v) is 2.58. The molecule has 1 fully saturated rings. The van der Waals surface area contributed by atoms with Crippen molar-refractivity contribution in [2.45, 2.75) is 39.7 Å². The molecular formula is C16H29N5. The molecule has 1 unspecified atom stereocenters. The van der Waals surface area contributed by atoms with Crippen LogP contribution >= 0.6 is 0 Å². The zero-order valence-electron chi connectivity index (χ0n) is 14.1. The van der Waals surface area contributed by atoms with Crippen LogP contribution in [-0.4, -0.2) is 65.6 Å². The van der Waals surface area contributed by atoms with Crippen LogP contribution in [0.15, 0.2) is 6.07 Å². The van der Waals surface area contributed by atoms with Gasteiger partial charge in [0.05, 0.1) is 0 Å². The quantitative estimate of drug-likeness (QED) is 0.898. The molecule has 2 heterocycles. The Bertz CT molecular complexity index is 452. The number of hydrogen-bond acceptors (Lipinski definition) is 5. The highest BCUT2D eigenvalue weighted by atomic mass is 15.3. The van der Waals surface area contributed by atoms with Crippen molar-refractivity contribution in [2.75, 3.05) is 45.1 Å². The average Bonchev–Trinajstić information content (AvgIpc) is 2.45. The molecule has 0 aromatic carbocycles. The van der Waals surface area contributed by atoms with E-state index in [1.807, 2.05) is 13.0 Å². The van der Waals surface area contributed by atoms with Gasteiger partial charge in [-0.1, -0.05) is 13.8 Å². The molecule has 1 N–H and O–H groups in total. The van der Waals surface area contributed by atoms with Gasteiger partial charge in [-0.2, -0.15) is 0 Å². The topological polar surface area (TPSA) is 44.3 Å². The molecule has 21 heavy (non-hydrogen) atoms. The van der Waals surface area contributed by atoms with E-state index >= 15 is 0 Å². The standard InChI is InChI=1S/C16H29N5/c1-12(2)16-18-13(3)10-15(19-16)17-11-14(4)21-8-6-20(5)7-9-21/h10,12,14H,6-9,11H2,1-5H3,(H,17,18,19). The van der Waals surface area contributed by atoms with E-state index in [1.54, 1.807) is 0 Å². The summed E-state index contributed by atoms with van der Waals surface area (Å²) in [6, 6.07) is 2.55. The van der Waals surface area contributed by atoms with Crippen molar-refractivity contribution in [2.24, 2.45) is 0 Å². The van der Waals surface area contributed by atoms with Crippen molar-refractivity contribution in [1.29, 1.82) is 0 Å². The van der Waals surface area contributed by atoms with Crippen LogP contribution in [0.25, 0.3) is 0 Å². The summed E-state index contributed by atoms with van der Waals surface area (Å²) in [4.78, 5) is 14.0. The van der Waals surface area contributed by atoms with Crippen LogP contribution in [0, 0.1) is 6.92 Å². The van der Waals surface area contributed by atoms with E-state index in [0.717, 1.165) is 50.1 Å². The van der Waals surface area contributed by atoms with Crippen molar-refractivity contribution in [3.63, 3.8) is 0 Å². The maximum atomic E-state index is 4.61. The Morgan fingerprint density at radius 2 is 1.81 bits per heavy atom. The molecule has 0 radical (unpaired) electrons. The molecule has 0 amide bonds. The van der Waals surface area contributed by atoms with Crippen LogP contribution in [0.5, 0.6) is 0 Å². The molecule has 0 spiro atoms. The smallest absolute Gasteiger partial charge is 0.133 e. The first-order valence-corrected chi connectivity index (χ1v) is 7.97. The van der Waals surface area contributed by atoms with Gasteiger partial charge in [-0.15, -0.1) is 0 Å². The summed E-state index contributed by atoms with van der Waals surface area (Å²) >= 11 is 0. The zero-order valence-corrected chi connectivity index (χ0v) is 14.1. The lowest BCUT2D eigenvalue weighted by molar-refractivity contribution is 0.123. The Balaban J connectivity index is 1.90. The zero-order chi connectivity index (χ0) is 15.4. The molecule has 1 aliphatic heterocycles. The molecule has 0 saturated carbocycles. The first-order chi connectivity index (χ1) is 9.95. The van der Waals surface area contributed by atoms with Gasteiger partial charge in [0.1, 0.15) is 11.6 Å². The number of nitrogens with zero attached hydrogens (tertiary/aromatic N) is 4. The molecule has 1 saturated heterocycles. The molecule has 2 rings (SSSR count). The Kier molecular flexibility index (Phi) is 5.53. The first-order valence-electron chi connectivity index (χ1n) is 7.97. The van der Waals surface area contributed by atoms with Gasteiger partial charge in [-0.05, 0) is 20.9 Å². The lowest BCUT2D eigenvalue weighted by Gasteiger charge is -2.36. The molecule has 118 valence electrons. The normalized spacial score (nSPS) is 19.0. The van der Waals surface area contributed by atoms with Gasteiger partial charge in [0.2, 0.25) is 0 Å². The van der Waals surface area contributed by atoms with Gasteiger partial charge in [0.25, 0.3) is 0 Å². The van der Waals surface area contributed by atoms with E-state index in [4.69, 9.17) is 0 Å². The largest absolute Gasteiger partial charge is 0.368 e. The minimum absolute atomic E-state index is 0.362. The SMILES string of the molecule is Cc1cc(NCC(C)N2CCN(C)CC2)nc(C(C)C)n1. The van der Waals surface area contributed by atoms with Gasteiger partial charge in [-0.25, -0.2) is 9.97 Å². The maximum absolute atomic E-state index is 4.61. The molecule has 1 aromatic rings. The summed E-state index contributed by atoms with van der Waals surface area (Å²) in [6.45, 7) is 14.1. The number of likely N-dealkylation sites (N-methyl/N-ethyl adjacent to an activating group) is 1. The third kappa shape index (κ3) is 4.64. The first kappa shape index (κ1) is 16.2. The van der Waals surface area contributed by atoms with Crippen LogP contribution < -0.4 is 5.32 Å².